The molecule has 1 N–H and O–H groups in total. The molecule has 224 valence electrons. The molecule has 0 aliphatic carbocycles. The van der Waals surface area contributed by atoms with Crippen LogP contribution in [-0.2, 0) is 14.4 Å². The van der Waals surface area contributed by atoms with Gasteiger partial charge in [0.05, 0.1) is 29.2 Å². The average molecular weight is 647 g/mol. The van der Waals surface area contributed by atoms with Crippen LogP contribution in [0.3, 0.4) is 0 Å². The summed E-state index contributed by atoms with van der Waals surface area (Å²) in [7, 11) is 0. The molecule has 1 spiro atoms. The highest BCUT2D eigenvalue weighted by Crippen LogP contribution is 2.68. The van der Waals surface area contributed by atoms with Crippen LogP contribution in [0.4, 0.5) is 5.69 Å². The Morgan fingerprint density at radius 3 is 2.49 bits per heavy atom. The summed E-state index contributed by atoms with van der Waals surface area (Å²) in [5, 5.41) is 10.4. The molecule has 3 amide bonds. The van der Waals surface area contributed by atoms with Crippen LogP contribution in [0.5, 0.6) is 0 Å². The molecular weight excluding hydrogens is 602 g/mol. The number of aliphatic hydroxyl groups is 1. The predicted octanol–water partition coefficient (Wildman–Crippen LogP) is 4.73. The van der Waals surface area contributed by atoms with Crippen molar-refractivity contribution in [2.75, 3.05) is 31.1 Å². The van der Waals surface area contributed by atoms with Crippen molar-refractivity contribution in [3.05, 3.63) is 54.6 Å². The number of carbonyl (C=O) groups excluding carboxylic acids is 3. The van der Waals surface area contributed by atoms with E-state index in [9.17, 15) is 19.5 Å². The number of hydrogen-bond donors (Lipinski definition) is 1. The molecule has 3 unspecified atom stereocenters. The van der Waals surface area contributed by atoms with Crippen LogP contribution in [0.15, 0.2) is 43.5 Å². The molecule has 3 aliphatic heterocycles. The first-order valence-electron chi connectivity index (χ1n) is 14.6. The zero-order chi connectivity index (χ0) is 30.2. The van der Waals surface area contributed by atoms with E-state index >= 15 is 0 Å². The summed E-state index contributed by atoms with van der Waals surface area (Å²) in [5.41, 5.74) is 2.76. The summed E-state index contributed by atoms with van der Waals surface area (Å²) in [5.74, 6) is -1.73. The van der Waals surface area contributed by atoms with Crippen molar-refractivity contribution in [2.45, 2.75) is 74.4 Å². The number of amides is 3. The monoisotopic (exact) mass is 645 g/mol. The Kier molecular flexibility index (Phi) is 9.81. The van der Waals surface area contributed by atoms with Gasteiger partial charge >= 0.3 is 0 Å². The molecule has 0 aromatic heterocycles. The average Bonchev–Trinajstić information content (AvgIpc) is 3.52. The summed E-state index contributed by atoms with van der Waals surface area (Å²) in [6.45, 7) is 18.7. The van der Waals surface area contributed by atoms with Gasteiger partial charge in [-0.3, -0.25) is 14.4 Å². The van der Waals surface area contributed by atoms with Gasteiger partial charge < -0.3 is 19.8 Å². The normalized spacial score (nSPS) is 29.0. The number of nitrogens with zero attached hydrogens (tertiary/aromatic N) is 3. The Balaban J connectivity index is 1.88. The molecule has 3 aliphatic rings. The maximum Gasteiger partial charge on any atom is 0.251 e. The van der Waals surface area contributed by atoms with Gasteiger partial charge in [-0.1, -0.05) is 61.0 Å². The third-order valence-electron chi connectivity index (χ3n) is 8.95. The number of fused-ring (bicyclic) bond motifs is 1. The van der Waals surface area contributed by atoms with E-state index in [2.05, 4.69) is 29.1 Å². The first kappa shape index (κ1) is 31.8. The summed E-state index contributed by atoms with van der Waals surface area (Å²) in [4.78, 5) is 48.8. The van der Waals surface area contributed by atoms with Crippen LogP contribution in [0.1, 0.15) is 44.7 Å². The molecule has 7 atom stereocenters. The molecule has 3 heterocycles. The zero-order valence-corrected chi connectivity index (χ0v) is 27.3. The second-order valence-electron chi connectivity index (χ2n) is 12.0. The highest BCUT2D eigenvalue weighted by atomic mass is 79.9. The molecule has 4 rings (SSSR count). The van der Waals surface area contributed by atoms with Crippen LogP contribution in [0.25, 0.3) is 0 Å². The highest BCUT2D eigenvalue weighted by molar-refractivity contribution is 9.09. The number of aryl methyl sites for hydroxylation is 2. The second kappa shape index (κ2) is 12.6. The molecule has 1 aromatic carbocycles. The third kappa shape index (κ3) is 5.31. The fraction of sp³-hybridized carbons (Fsp3) is 0.594. The predicted molar refractivity (Wildman–Crippen MR) is 170 cm³/mol. The molecule has 1 aromatic rings. The largest absolute Gasteiger partial charge is 0.394 e. The van der Waals surface area contributed by atoms with E-state index in [1.807, 2.05) is 52.8 Å². The fourth-order valence-corrected chi connectivity index (χ4v) is 10.7. The number of rotatable bonds is 12. The summed E-state index contributed by atoms with van der Waals surface area (Å²) in [6, 6.07) is 4.63. The van der Waals surface area contributed by atoms with Gasteiger partial charge in [-0.25, -0.2) is 0 Å². The number of likely N-dealkylation sites (tertiary alicyclic amines) is 1. The number of benzene rings is 1. The standard InChI is InChI=1S/C32H44BrN3O4S/c1-8-13-34(14-9-2)29(38)25-26-30(39)36(24(18-37)19(4)5)28(32(26)17-22(33)27(25)41-32)31(40)35(15-10-3)23-16-20(6)11-12-21(23)7/h8,10-12,16,19,22,24-28,37H,1,3,9,13-15,17-18H2,2,4-7H3/t22?,24-,25-,26-,27-,28?,32?/m0/s1. The number of aliphatic hydroxyl groups excluding tert-OH is 1. The van der Waals surface area contributed by atoms with Crippen LogP contribution in [0.2, 0.25) is 0 Å². The molecular formula is C32H44BrN3O4S. The van der Waals surface area contributed by atoms with Crippen molar-refractivity contribution in [1.82, 2.24) is 9.80 Å². The minimum absolute atomic E-state index is 0.0202. The van der Waals surface area contributed by atoms with Gasteiger partial charge in [0.2, 0.25) is 11.8 Å². The van der Waals surface area contributed by atoms with Crippen LogP contribution in [-0.4, -0.2) is 85.8 Å². The van der Waals surface area contributed by atoms with E-state index in [-0.39, 0.29) is 46.9 Å². The van der Waals surface area contributed by atoms with Crippen molar-refractivity contribution < 1.29 is 19.5 Å². The van der Waals surface area contributed by atoms with Crippen molar-refractivity contribution >= 4 is 51.1 Å². The lowest BCUT2D eigenvalue weighted by Crippen LogP contribution is -2.59. The number of thioether (sulfide) groups is 1. The Hall–Kier alpha value is -2.10. The fourth-order valence-electron chi connectivity index (χ4n) is 7.13. The Labute approximate surface area is 257 Å². The molecule has 9 heteroatoms. The Morgan fingerprint density at radius 2 is 1.90 bits per heavy atom. The summed E-state index contributed by atoms with van der Waals surface area (Å²) >= 11 is 5.50. The van der Waals surface area contributed by atoms with Crippen molar-refractivity contribution in [1.29, 1.82) is 0 Å². The third-order valence-corrected chi connectivity index (χ3v) is 12.2. The van der Waals surface area contributed by atoms with E-state index in [4.69, 9.17) is 0 Å². The topological polar surface area (TPSA) is 81.2 Å². The van der Waals surface area contributed by atoms with Gasteiger partial charge in [0, 0.05) is 35.4 Å². The maximum atomic E-state index is 14.9. The van der Waals surface area contributed by atoms with Gasteiger partial charge in [0.1, 0.15) is 6.04 Å². The van der Waals surface area contributed by atoms with Gasteiger partial charge in [0.25, 0.3) is 5.91 Å². The Bertz CT molecular complexity index is 1210. The molecule has 41 heavy (non-hydrogen) atoms. The maximum absolute atomic E-state index is 14.9. The van der Waals surface area contributed by atoms with E-state index in [1.54, 1.807) is 38.6 Å². The molecule has 0 saturated carbocycles. The zero-order valence-electron chi connectivity index (χ0n) is 24.9. The lowest BCUT2D eigenvalue weighted by molar-refractivity contribution is -0.146. The summed E-state index contributed by atoms with van der Waals surface area (Å²) < 4.78 is -0.793. The van der Waals surface area contributed by atoms with E-state index < -0.39 is 28.7 Å². The molecule has 2 bridgehead atoms. The highest BCUT2D eigenvalue weighted by Gasteiger charge is 2.76. The van der Waals surface area contributed by atoms with Crippen LogP contribution in [0, 0.1) is 31.6 Å². The number of carbonyl (C=O) groups is 3. The lowest BCUT2D eigenvalue weighted by atomic mass is 9.70. The van der Waals surface area contributed by atoms with Gasteiger partial charge in [-0.15, -0.1) is 24.9 Å². The molecule has 7 nitrogen and oxygen atoms in total. The van der Waals surface area contributed by atoms with E-state index in [0.29, 0.717) is 19.5 Å². The minimum Gasteiger partial charge on any atom is -0.394 e. The quantitative estimate of drug-likeness (QED) is 0.263. The first-order valence-corrected chi connectivity index (χ1v) is 16.4. The van der Waals surface area contributed by atoms with E-state index in [0.717, 1.165) is 23.2 Å². The van der Waals surface area contributed by atoms with E-state index in [1.165, 1.54) is 0 Å². The molecule has 3 saturated heterocycles. The van der Waals surface area contributed by atoms with Crippen molar-refractivity contribution in [3.63, 3.8) is 0 Å². The SMILES string of the molecule is C=CCN(CCC)C(=O)[C@H]1[C@H]2C(=O)N([C@@H](CO)C(C)C)C(C(=O)N(CC=C)c3cc(C)ccc3C)C23CC(Br)[C@@H]1S3. The second-order valence-corrected chi connectivity index (χ2v) is 14.7. The molecule has 0 radical (unpaired) electrons. The first-order chi connectivity index (χ1) is 19.5. The van der Waals surface area contributed by atoms with Gasteiger partial charge in [-0.2, -0.15) is 0 Å². The van der Waals surface area contributed by atoms with Crippen molar-refractivity contribution in [2.24, 2.45) is 17.8 Å². The number of anilines is 1. The van der Waals surface area contributed by atoms with Crippen LogP contribution >= 0.6 is 27.7 Å². The lowest BCUT2D eigenvalue weighted by Gasteiger charge is -2.41. The number of hydrogen-bond acceptors (Lipinski definition) is 5. The van der Waals surface area contributed by atoms with Crippen LogP contribution < -0.4 is 4.90 Å². The van der Waals surface area contributed by atoms with Crippen molar-refractivity contribution in [3.8, 4) is 0 Å². The van der Waals surface area contributed by atoms with Gasteiger partial charge in [0.15, 0.2) is 0 Å². The molecule has 3 fully saturated rings. The minimum atomic E-state index is -0.828. The summed E-state index contributed by atoms with van der Waals surface area (Å²) in [6.07, 6.45) is 4.82. The van der Waals surface area contributed by atoms with Gasteiger partial charge in [-0.05, 0) is 49.8 Å². The smallest absolute Gasteiger partial charge is 0.251 e. The number of halogens is 1. The Morgan fingerprint density at radius 1 is 1.22 bits per heavy atom. The number of alkyl halides is 1.